The summed E-state index contributed by atoms with van der Waals surface area (Å²) in [5.74, 6) is -0.328. The minimum Gasteiger partial charge on any atom is -0.494 e. The Morgan fingerprint density at radius 2 is 1.78 bits per heavy atom. The standard InChI is InChI=1S/C46H55BrFN10O5P/c1-5-29-23-38(53-46-51-25-34(47)44(55-46)52-37-10-9-36-42(50-16-15-49-36)43(37)64(3,4)62)40(63-2)24-39(29)57-18-13-30(14-19-57)58-21-20-56(31(26-58)27-59)17-12-28-6-7-32(35(48)22-28)33-8-11-41(60)54-45(33)61/h6-7,9-10,15-16,22-25,30-31,33,59H,5,8,11-14,17-21,26-27H2,1-4H3,(H,54,60,61)(H2,51,52,53,55)/t31-,33?/m1/s1. The van der Waals surface area contributed by atoms with E-state index in [1.54, 1.807) is 45.1 Å². The van der Waals surface area contributed by atoms with Crippen LogP contribution in [0.3, 0.4) is 0 Å². The number of piperidine rings is 2. The summed E-state index contributed by atoms with van der Waals surface area (Å²) in [5.41, 5.74) is 6.09. The number of carbonyl (C=O) groups excluding carboxylic acids is 2. The van der Waals surface area contributed by atoms with Crippen LogP contribution < -0.4 is 30.9 Å². The Kier molecular flexibility index (Phi) is 13.9. The van der Waals surface area contributed by atoms with Gasteiger partial charge in [-0.25, -0.2) is 9.37 Å². The molecule has 2 aromatic heterocycles. The molecule has 2 atom stereocenters. The Balaban J connectivity index is 0.886. The molecule has 0 spiro atoms. The molecule has 4 N–H and O–H groups in total. The van der Waals surface area contributed by atoms with Crippen LogP contribution >= 0.6 is 23.1 Å². The first-order valence-corrected chi connectivity index (χ1v) is 25.3. The average molecular weight is 958 g/mol. The monoisotopic (exact) mass is 956 g/mol. The van der Waals surface area contributed by atoms with Gasteiger partial charge in [-0.1, -0.05) is 19.1 Å². The number of aliphatic hydroxyl groups excluding tert-OH is 1. The van der Waals surface area contributed by atoms with E-state index in [4.69, 9.17) is 9.72 Å². The van der Waals surface area contributed by atoms with E-state index in [9.17, 15) is 19.3 Å². The topological polar surface area (TPSA) is 178 Å². The zero-order valence-corrected chi connectivity index (χ0v) is 39.1. The van der Waals surface area contributed by atoms with Gasteiger partial charge in [0.15, 0.2) is 0 Å². The molecule has 3 saturated heterocycles. The molecule has 5 aromatic rings. The highest BCUT2D eigenvalue weighted by atomic mass is 79.9. The summed E-state index contributed by atoms with van der Waals surface area (Å²) < 4.78 is 35.3. The number of methoxy groups -OCH3 is 1. The number of aliphatic hydroxyl groups is 1. The summed E-state index contributed by atoms with van der Waals surface area (Å²) in [6.07, 6.45) is 8.81. The lowest BCUT2D eigenvalue weighted by Gasteiger charge is -2.46. The number of imide groups is 1. The van der Waals surface area contributed by atoms with Crippen molar-refractivity contribution in [3.63, 3.8) is 0 Å². The normalized spacial score (nSPS) is 19.2. The second-order valence-corrected chi connectivity index (χ2v) is 21.1. The lowest BCUT2D eigenvalue weighted by molar-refractivity contribution is -0.134. The maximum absolute atomic E-state index is 15.2. The van der Waals surface area contributed by atoms with E-state index in [1.807, 2.05) is 18.2 Å². The van der Waals surface area contributed by atoms with Gasteiger partial charge in [-0.3, -0.25) is 34.7 Å². The van der Waals surface area contributed by atoms with E-state index < -0.39 is 24.8 Å². The molecule has 18 heteroatoms. The Bertz CT molecular complexity index is 2590. The van der Waals surface area contributed by atoms with Crippen LogP contribution in [0.1, 0.15) is 55.2 Å². The number of piperazine rings is 1. The van der Waals surface area contributed by atoms with Crippen molar-refractivity contribution in [1.29, 1.82) is 0 Å². The SMILES string of the molecule is CCc1cc(Nc2ncc(Br)c(Nc3ccc4nccnc4c3P(C)(C)=O)n2)c(OC)cc1N1CCC(N2CCN(CCc3ccc(C4CCC(=O)NC4=O)c(F)c3)[C@@H](CO)C2)CC1. The summed E-state index contributed by atoms with van der Waals surface area (Å²) in [6.45, 7) is 10.6. The van der Waals surface area contributed by atoms with Gasteiger partial charge in [0.05, 0.1) is 46.3 Å². The van der Waals surface area contributed by atoms with Gasteiger partial charge in [-0.05, 0) is 96.8 Å². The maximum Gasteiger partial charge on any atom is 0.234 e. The number of nitrogens with zero attached hydrogens (tertiary/aromatic N) is 7. The van der Waals surface area contributed by atoms with E-state index in [2.05, 4.69) is 80.6 Å². The van der Waals surface area contributed by atoms with Crippen molar-refractivity contribution in [2.24, 2.45) is 0 Å². The molecule has 0 saturated carbocycles. The van der Waals surface area contributed by atoms with Gasteiger partial charge >= 0.3 is 0 Å². The number of carbonyl (C=O) groups is 2. The van der Waals surface area contributed by atoms with Crippen LogP contribution in [-0.4, -0.2) is 125 Å². The lowest BCUT2D eigenvalue weighted by Crippen LogP contribution is -2.58. The van der Waals surface area contributed by atoms with Crippen molar-refractivity contribution in [1.82, 2.24) is 35.1 Å². The molecule has 0 radical (unpaired) electrons. The first kappa shape index (κ1) is 45.5. The molecule has 15 nitrogen and oxygen atoms in total. The summed E-state index contributed by atoms with van der Waals surface area (Å²) >= 11 is 3.59. The van der Waals surface area contributed by atoms with Crippen LogP contribution in [0.15, 0.2) is 65.5 Å². The number of halogens is 2. The number of nitrogens with one attached hydrogen (secondary N) is 3. The molecule has 338 valence electrons. The highest BCUT2D eigenvalue weighted by Gasteiger charge is 2.34. The average Bonchev–Trinajstić information content (AvgIpc) is 3.29. The lowest BCUT2D eigenvalue weighted by atomic mass is 9.89. The highest BCUT2D eigenvalue weighted by Crippen LogP contribution is 2.42. The van der Waals surface area contributed by atoms with E-state index in [-0.39, 0.29) is 25.0 Å². The Labute approximate surface area is 381 Å². The summed E-state index contributed by atoms with van der Waals surface area (Å²) in [5, 5.41) is 20.1. The summed E-state index contributed by atoms with van der Waals surface area (Å²) in [6, 6.07) is 13.3. The van der Waals surface area contributed by atoms with Gasteiger partial charge in [0.25, 0.3) is 0 Å². The third-order valence-corrected chi connectivity index (χ3v) is 14.8. The zero-order valence-electron chi connectivity index (χ0n) is 36.6. The number of hydrogen-bond acceptors (Lipinski definition) is 14. The fourth-order valence-electron chi connectivity index (χ4n) is 9.35. The quantitative estimate of drug-likeness (QED) is 0.0717. The molecular formula is C46H55BrFN10O5P. The van der Waals surface area contributed by atoms with Gasteiger partial charge in [-0.2, -0.15) is 4.98 Å². The predicted octanol–water partition coefficient (Wildman–Crippen LogP) is 6.34. The van der Waals surface area contributed by atoms with E-state index in [0.717, 1.165) is 68.9 Å². The van der Waals surface area contributed by atoms with E-state index in [0.29, 0.717) is 75.0 Å². The van der Waals surface area contributed by atoms with Crippen LogP contribution in [-0.2, 0) is 27.0 Å². The van der Waals surface area contributed by atoms with Crippen LogP contribution in [0, 0.1) is 5.82 Å². The Hall–Kier alpha value is -5.06. The van der Waals surface area contributed by atoms with Gasteiger partial charge < -0.3 is 29.9 Å². The highest BCUT2D eigenvalue weighted by molar-refractivity contribution is 9.10. The number of hydrogen-bond donors (Lipinski definition) is 4. The third kappa shape index (κ3) is 9.93. The van der Waals surface area contributed by atoms with Crippen molar-refractivity contribution in [2.45, 2.75) is 63.5 Å². The number of amides is 2. The first-order chi connectivity index (χ1) is 30.8. The zero-order chi connectivity index (χ0) is 45.1. The van der Waals surface area contributed by atoms with Gasteiger partial charge in [0, 0.05) is 93.7 Å². The minimum atomic E-state index is -2.79. The first-order valence-electron chi connectivity index (χ1n) is 21.9. The Morgan fingerprint density at radius 1 is 0.984 bits per heavy atom. The largest absolute Gasteiger partial charge is 0.494 e. The molecule has 3 aliphatic heterocycles. The van der Waals surface area contributed by atoms with Crippen LogP contribution in [0.2, 0.25) is 0 Å². The molecule has 3 fully saturated rings. The van der Waals surface area contributed by atoms with Gasteiger partial charge in [0.2, 0.25) is 17.8 Å². The molecule has 8 rings (SSSR count). The number of anilines is 5. The van der Waals surface area contributed by atoms with Gasteiger partial charge in [-0.15, -0.1) is 0 Å². The van der Waals surface area contributed by atoms with E-state index in [1.165, 1.54) is 11.6 Å². The predicted molar refractivity (Wildman–Crippen MR) is 252 cm³/mol. The molecular weight excluding hydrogens is 902 g/mol. The summed E-state index contributed by atoms with van der Waals surface area (Å²) in [4.78, 5) is 49.4. The second kappa shape index (κ2) is 19.6. The molecule has 3 aromatic carbocycles. The molecule has 0 aliphatic carbocycles. The van der Waals surface area contributed by atoms with Crippen molar-refractivity contribution in [2.75, 3.05) is 81.8 Å². The molecule has 2 amide bonds. The smallest absolute Gasteiger partial charge is 0.234 e. The van der Waals surface area contributed by atoms with Gasteiger partial charge in [0.1, 0.15) is 30.0 Å². The molecule has 1 unspecified atom stereocenters. The van der Waals surface area contributed by atoms with E-state index >= 15 is 4.39 Å². The van der Waals surface area contributed by atoms with Crippen LogP contribution in [0.5, 0.6) is 5.75 Å². The van der Waals surface area contributed by atoms with Crippen molar-refractivity contribution >= 4 is 80.1 Å². The number of fused-ring (bicyclic) bond motifs is 1. The summed E-state index contributed by atoms with van der Waals surface area (Å²) in [7, 11) is -1.13. The fraction of sp³-hybridized carbons (Fsp3) is 0.435. The van der Waals surface area contributed by atoms with Crippen molar-refractivity contribution < 1.29 is 28.4 Å². The number of aromatic nitrogens is 4. The number of rotatable bonds is 14. The third-order valence-electron chi connectivity index (χ3n) is 12.7. The Morgan fingerprint density at radius 3 is 2.50 bits per heavy atom. The number of benzene rings is 3. The fourth-order valence-corrected chi connectivity index (χ4v) is 11.0. The molecule has 5 heterocycles. The van der Waals surface area contributed by atoms with Crippen molar-refractivity contribution in [3.8, 4) is 5.75 Å². The maximum atomic E-state index is 15.2. The van der Waals surface area contributed by atoms with Crippen LogP contribution in [0.25, 0.3) is 11.0 Å². The minimum absolute atomic E-state index is 0.0192. The molecule has 3 aliphatic rings. The second-order valence-electron chi connectivity index (χ2n) is 17.1. The number of aryl methyl sites for hydroxylation is 1. The number of ether oxygens (including phenoxy) is 1. The van der Waals surface area contributed by atoms with Crippen LogP contribution in [0.4, 0.5) is 33.2 Å². The van der Waals surface area contributed by atoms with Crippen molar-refractivity contribution in [3.05, 3.63) is 88.0 Å². The molecule has 64 heavy (non-hydrogen) atoms. The molecule has 0 bridgehead atoms.